The number of aromatic amines is 1. The number of aromatic nitrogens is 2. The summed E-state index contributed by atoms with van der Waals surface area (Å²) in [4.78, 5) is 7.14. The third kappa shape index (κ3) is 2.37. The van der Waals surface area contributed by atoms with E-state index in [1.807, 2.05) is 0 Å². The first kappa shape index (κ1) is 11.8. The average Bonchev–Trinajstić information content (AvgIpc) is 2.76. The Balaban J connectivity index is 2.43. The molecule has 1 aromatic carbocycles. The standard InChI is InChI=1S/C11H12N2O3S/c1-17(15,16)9-4-2-8(3-5-9)11-10(6-14)12-7-13-11/h2-5,7,14H,6H2,1H3,(H,12,13). The Morgan fingerprint density at radius 2 is 1.94 bits per heavy atom. The zero-order chi connectivity index (χ0) is 12.5. The van der Waals surface area contributed by atoms with Crippen LogP contribution in [0.15, 0.2) is 35.5 Å². The van der Waals surface area contributed by atoms with Crippen LogP contribution in [0.2, 0.25) is 0 Å². The first-order chi connectivity index (χ1) is 8.02. The lowest BCUT2D eigenvalue weighted by Gasteiger charge is -2.02. The van der Waals surface area contributed by atoms with Gasteiger partial charge in [0.25, 0.3) is 0 Å². The van der Waals surface area contributed by atoms with Crippen molar-refractivity contribution < 1.29 is 13.5 Å². The van der Waals surface area contributed by atoms with Crippen LogP contribution in [0.3, 0.4) is 0 Å². The topological polar surface area (TPSA) is 83.0 Å². The van der Waals surface area contributed by atoms with Gasteiger partial charge in [-0.3, -0.25) is 0 Å². The van der Waals surface area contributed by atoms with E-state index in [4.69, 9.17) is 5.11 Å². The van der Waals surface area contributed by atoms with Crippen LogP contribution < -0.4 is 0 Å². The van der Waals surface area contributed by atoms with E-state index in [1.54, 1.807) is 12.1 Å². The number of nitrogens with zero attached hydrogens (tertiary/aromatic N) is 1. The lowest BCUT2D eigenvalue weighted by Crippen LogP contribution is -1.96. The van der Waals surface area contributed by atoms with Crippen LogP contribution in [0.25, 0.3) is 11.3 Å². The zero-order valence-electron chi connectivity index (χ0n) is 9.21. The number of H-pyrrole nitrogens is 1. The van der Waals surface area contributed by atoms with E-state index in [1.165, 1.54) is 18.5 Å². The minimum absolute atomic E-state index is 0.160. The van der Waals surface area contributed by atoms with Crippen molar-refractivity contribution in [1.29, 1.82) is 0 Å². The molecule has 0 radical (unpaired) electrons. The summed E-state index contributed by atoms with van der Waals surface area (Å²) in [6.45, 7) is -0.160. The monoisotopic (exact) mass is 252 g/mol. The van der Waals surface area contributed by atoms with Crippen molar-refractivity contribution in [1.82, 2.24) is 9.97 Å². The van der Waals surface area contributed by atoms with Crippen molar-refractivity contribution >= 4 is 9.84 Å². The summed E-state index contributed by atoms with van der Waals surface area (Å²) in [5, 5.41) is 9.07. The van der Waals surface area contributed by atoms with Crippen LogP contribution >= 0.6 is 0 Å². The van der Waals surface area contributed by atoms with Crippen molar-refractivity contribution in [3.05, 3.63) is 36.3 Å². The molecule has 0 bridgehead atoms. The quantitative estimate of drug-likeness (QED) is 0.852. The number of imidazole rings is 1. The number of sulfone groups is 1. The molecule has 1 aromatic heterocycles. The highest BCUT2D eigenvalue weighted by molar-refractivity contribution is 7.90. The highest BCUT2D eigenvalue weighted by Gasteiger charge is 2.10. The summed E-state index contributed by atoms with van der Waals surface area (Å²) in [5.74, 6) is 0. The molecule has 0 amide bonds. The summed E-state index contributed by atoms with van der Waals surface area (Å²) in [7, 11) is -3.18. The Morgan fingerprint density at radius 3 is 2.47 bits per heavy atom. The smallest absolute Gasteiger partial charge is 0.175 e. The highest BCUT2D eigenvalue weighted by atomic mass is 32.2. The van der Waals surface area contributed by atoms with Crippen molar-refractivity contribution in [2.24, 2.45) is 0 Å². The van der Waals surface area contributed by atoms with Crippen molar-refractivity contribution in [2.45, 2.75) is 11.5 Å². The molecule has 17 heavy (non-hydrogen) atoms. The second-order valence-corrected chi connectivity index (χ2v) is 5.69. The normalized spacial score (nSPS) is 11.6. The van der Waals surface area contributed by atoms with Crippen molar-refractivity contribution in [3.63, 3.8) is 0 Å². The van der Waals surface area contributed by atoms with Crippen molar-refractivity contribution in [3.8, 4) is 11.3 Å². The fourth-order valence-corrected chi connectivity index (χ4v) is 2.19. The summed E-state index contributed by atoms with van der Waals surface area (Å²) in [6.07, 6.45) is 2.66. The van der Waals surface area contributed by atoms with E-state index in [0.717, 1.165) is 11.8 Å². The van der Waals surface area contributed by atoms with E-state index in [-0.39, 0.29) is 11.5 Å². The van der Waals surface area contributed by atoms with Gasteiger partial charge in [0.2, 0.25) is 0 Å². The first-order valence-electron chi connectivity index (χ1n) is 4.96. The molecule has 0 saturated heterocycles. The lowest BCUT2D eigenvalue weighted by atomic mass is 10.1. The Labute approximate surface area is 99.1 Å². The third-order valence-corrected chi connectivity index (χ3v) is 3.57. The van der Waals surface area contributed by atoms with E-state index in [9.17, 15) is 8.42 Å². The molecule has 6 heteroatoms. The van der Waals surface area contributed by atoms with Crippen LogP contribution in [0.5, 0.6) is 0 Å². The van der Waals surface area contributed by atoms with Gasteiger partial charge in [0, 0.05) is 11.8 Å². The maximum atomic E-state index is 11.3. The van der Waals surface area contributed by atoms with Crippen LogP contribution in [0.1, 0.15) is 5.69 Å². The van der Waals surface area contributed by atoms with Gasteiger partial charge in [0.1, 0.15) is 0 Å². The lowest BCUT2D eigenvalue weighted by molar-refractivity contribution is 0.278. The molecule has 0 unspecified atom stereocenters. The Bertz CT molecular complexity index is 614. The fraction of sp³-hybridized carbons (Fsp3) is 0.182. The third-order valence-electron chi connectivity index (χ3n) is 2.44. The maximum Gasteiger partial charge on any atom is 0.175 e. The molecule has 5 nitrogen and oxygen atoms in total. The average molecular weight is 252 g/mol. The Kier molecular flexibility index (Phi) is 2.99. The van der Waals surface area contributed by atoms with E-state index < -0.39 is 9.84 Å². The van der Waals surface area contributed by atoms with E-state index in [2.05, 4.69) is 9.97 Å². The summed E-state index contributed by atoms with van der Waals surface area (Å²) >= 11 is 0. The molecule has 0 atom stereocenters. The SMILES string of the molecule is CS(=O)(=O)c1ccc(-c2[nH]cnc2CO)cc1. The van der Waals surface area contributed by atoms with Crippen LogP contribution in [-0.2, 0) is 16.4 Å². The molecule has 2 aromatic rings. The van der Waals surface area contributed by atoms with Gasteiger partial charge in [-0.25, -0.2) is 13.4 Å². The van der Waals surface area contributed by atoms with Gasteiger partial charge in [0.05, 0.1) is 29.2 Å². The fourth-order valence-electron chi connectivity index (χ4n) is 1.56. The molecular formula is C11H12N2O3S. The van der Waals surface area contributed by atoms with E-state index >= 15 is 0 Å². The molecule has 90 valence electrons. The molecule has 0 spiro atoms. The van der Waals surface area contributed by atoms with Gasteiger partial charge in [-0.05, 0) is 12.1 Å². The van der Waals surface area contributed by atoms with Gasteiger partial charge in [-0.1, -0.05) is 12.1 Å². The number of rotatable bonds is 3. The molecule has 0 fully saturated rings. The number of hydrogen-bond acceptors (Lipinski definition) is 4. The summed E-state index contributed by atoms with van der Waals surface area (Å²) < 4.78 is 22.6. The van der Waals surface area contributed by atoms with Crippen LogP contribution in [0.4, 0.5) is 0 Å². The van der Waals surface area contributed by atoms with E-state index in [0.29, 0.717) is 11.4 Å². The van der Waals surface area contributed by atoms with Gasteiger partial charge >= 0.3 is 0 Å². The second kappa shape index (κ2) is 4.31. The van der Waals surface area contributed by atoms with Gasteiger partial charge in [-0.15, -0.1) is 0 Å². The Morgan fingerprint density at radius 1 is 1.29 bits per heavy atom. The molecule has 0 aliphatic rings. The molecule has 2 rings (SSSR count). The maximum absolute atomic E-state index is 11.3. The van der Waals surface area contributed by atoms with Crippen molar-refractivity contribution in [2.75, 3.05) is 6.26 Å². The summed E-state index contributed by atoms with van der Waals surface area (Å²) in [6, 6.07) is 6.44. The number of aliphatic hydroxyl groups is 1. The first-order valence-corrected chi connectivity index (χ1v) is 6.85. The number of nitrogens with one attached hydrogen (secondary N) is 1. The summed E-state index contributed by atoms with van der Waals surface area (Å²) in [5.41, 5.74) is 2.03. The van der Waals surface area contributed by atoms with Crippen LogP contribution in [-0.4, -0.2) is 29.7 Å². The predicted octanol–water partition coefficient (Wildman–Crippen LogP) is 0.973. The van der Waals surface area contributed by atoms with Gasteiger partial charge in [-0.2, -0.15) is 0 Å². The van der Waals surface area contributed by atoms with Crippen LogP contribution in [0, 0.1) is 0 Å². The molecule has 0 aliphatic carbocycles. The second-order valence-electron chi connectivity index (χ2n) is 3.68. The predicted molar refractivity (Wildman–Crippen MR) is 63.1 cm³/mol. The van der Waals surface area contributed by atoms with Gasteiger partial charge in [0.15, 0.2) is 9.84 Å². The molecule has 2 N–H and O–H groups in total. The minimum atomic E-state index is -3.18. The largest absolute Gasteiger partial charge is 0.390 e. The zero-order valence-corrected chi connectivity index (χ0v) is 10.0. The number of aliphatic hydroxyl groups excluding tert-OH is 1. The number of benzene rings is 1. The molecular weight excluding hydrogens is 240 g/mol. The molecule has 1 heterocycles. The highest BCUT2D eigenvalue weighted by Crippen LogP contribution is 2.22. The molecule has 0 aliphatic heterocycles. The van der Waals surface area contributed by atoms with Gasteiger partial charge < -0.3 is 10.1 Å². The minimum Gasteiger partial charge on any atom is -0.390 e. The Hall–Kier alpha value is -1.66. The number of hydrogen-bond donors (Lipinski definition) is 2. The molecule has 0 saturated carbocycles.